The molecule has 2 aromatic heterocycles. The Balaban J connectivity index is 1.47. The molecule has 0 radical (unpaired) electrons. The molecular formula is C29H36N6. The van der Waals surface area contributed by atoms with E-state index in [0.29, 0.717) is 0 Å². The minimum atomic E-state index is 0.895. The fourth-order valence-electron chi connectivity index (χ4n) is 5.04. The van der Waals surface area contributed by atoms with Crippen molar-refractivity contribution in [2.75, 3.05) is 31.1 Å². The lowest BCUT2D eigenvalue weighted by atomic mass is 10.1. The molecule has 35 heavy (non-hydrogen) atoms. The zero-order valence-electron chi connectivity index (χ0n) is 21.2. The van der Waals surface area contributed by atoms with E-state index in [2.05, 4.69) is 79.1 Å². The van der Waals surface area contributed by atoms with Crippen LogP contribution < -0.4 is 4.90 Å². The van der Waals surface area contributed by atoms with Crippen molar-refractivity contribution in [3.8, 4) is 5.69 Å². The van der Waals surface area contributed by atoms with Gasteiger partial charge in [-0.25, -0.2) is 14.6 Å². The van der Waals surface area contributed by atoms with Gasteiger partial charge in [0.15, 0.2) is 5.65 Å². The Labute approximate surface area is 208 Å². The van der Waals surface area contributed by atoms with Crippen LogP contribution in [0.1, 0.15) is 48.8 Å². The Morgan fingerprint density at radius 2 is 1.74 bits per heavy atom. The van der Waals surface area contributed by atoms with Crippen molar-refractivity contribution in [3.63, 3.8) is 0 Å². The summed E-state index contributed by atoms with van der Waals surface area (Å²) < 4.78 is 1.99. The predicted molar refractivity (Wildman–Crippen MR) is 143 cm³/mol. The number of hydrogen-bond donors (Lipinski definition) is 0. The summed E-state index contributed by atoms with van der Waals surface area (Å²) in [6.45, 7) is 11.6. The summed E-state index contributed by atoms with van der Waals surface area (Å²) >= 11 is 0. The van der Waals surface area contributed by atoms with Crippen molar-refractivity contribution < 1.29 is 0 Å². The lowest BCUT2D eigenvalue weighted by molar-refractivity contribution is 0.285. The molecule has 6 nitrogen and oxygen atoms in total. The van der Waals surface area contributed by atoms with Crippen molar-refractivity contribution in [2.24, 2.45) is 0 Å². The molecule has 1 aliphatic heterocycles. The van der Waals surface area contributed by atoms with Crippen molar-refractivity contribution in [1.82, 2.24) is 24.6 Å². The number of nitrogens with zero attached hydrogens (tertiary/aromatic N) is 6. The Morgan fingerprint density at radius 1 is 0.886 bits per heavy atom. The molecule has 0 amide bonds. The monoisotopic (exact) mass is 468 g/mol. The molecule has 0 bridgehead atoms. The van der Waals surface area contributed by atoms with Gasteiger partial charge in [0.2, 0.25) is 0 Å². The highest BCUT2D eigenvalue weighted by Gasteiger charge is 2.23. The third kappa shape index (κ3) is 5.22. The average molecular weight is 469 g/mol. The van der Waals surface area contributed by atoms with Gasteiger partial charge < -0.3 is 4.90 Å². The van der Waals surface area contributed by atoms with Crippen LogP contribution >= 0.6 is 0 Å². The molecule has 5 rings (SSSR count). The lowest BCUT2D eigenvalue weighted by Crippen LogP contribution is -2.31. The standard InChI is InChI=1S/C29H36N6/c1-4-5-15-26-30-28(27-23(3)32-35(29(27)31-26)25-13-7-6-8-14-25)34-17-10-16-33(18-19-34)21-24-12-9-11-22(2)20-24/h6-9,11-14,20H,4-5,10,15-19,21H2,1-3H3. The first-order chi connectivity index (χ1) is 17.1. The van der Waals surface area contributed by atoms with Gasteiger partial charge >= 0.3 is 0 Å². The van der Waals surface area contributed by atoms with E-state index in [1.54, 1.807) is 0 Å². The number of aryl methyl sites for hydroxylation is 3. The normalized spacial score (nSPS) is 15.0. The van der Waals surface area contributed by atoms with Gasteiger partial charge in [0.25, 0.3) is 0 Å². The molecule has 182 valence electrons. The van der Waals surface area contributed by atoms with Crippen LogP contribution in [-0.4, -0.2) is 50.8 Å². The van der Waals surface area contributed by atoms with Gasteiger partial charge in [-0.2, -0.15) is 5.10 Å². The van der Waals surface area contributed by atoms with Crippen LogP contribution in [0.5, 0.6) is 0 Å². The van der Waals surface area contributed by atoms with Gasteiger partial charge in [-0.3, -0.25) is 4.90 Å². The third-order valence-corrected chi connectivity index (χ3v) is 6.86. The molecule has 0 N–H and O–H groups in total. The fourth-order valence-corrected chi connectivity index (χ4v) is 5.04. The molecule has 0 aliphatic carbocycles. The van der Waals surface area contributed by atoms with Gasteiger partial charge in [-0.15, -0.1) is 0 Å². The van der Waals surface area contributed by atoms with Crippen LogP contribution in [0.4, 0.5) is 5.82 Å². The summed E-state index contributed by atoms with van der Waals surface area (Å²) in [7, 11) is 0. The smallest absolute Gasteiger partial charge is 0.168 e. The van der Waals surface area contributed by atoms with E-state index in [1.807, 2.05) is 10.7 Å². The molecule has 0 unspecified atom stereocenters. The molecule has 4 aromatic rings. The van der Waals surface area contributed by atoms with Gasteiger partial charge in [0.05, 0.1) is 16.8 Å². The first-order valence-electron chi connectivity index (χ1n) is 13.0. The number of aromatic nitrogens is 4. The third-order valence-electron chi connectivity index (χ3n) is 6.86. The largest absolute Gasteiger partial charge is 0.355 e. The number of fused-ring (bicyclic) bond motifs is 1. The molecular weight excluding hydrogens is 432 g/mol. The summed E-state index contributed by atoms with van der Waals surface area (Å²) in [5.41, 5.74) is 5.67. The maximum atomic E-state index is 5.14. The van der Waals surface area contributed by atoms with E-state index in [-0.39, 0.29) is 0 Å². The van der Waals surface area contributed by atoms with Gasteiger partial charge in [-0.05, 0) is 44.4 Å². The second-order valence-corrected chi connectivity index (χ2v) is 9.70. The van der Waals surface area contributed by atoms with E-state index in [4.69, 9.17) is 15.1 Å². The van der Waals surface area contributed by atoms with Gasteiger partial charge in [0.1, 0.15) is 11.6 Å². The zero-order valence-corrected chi connectivity index (χ0v) is 21.2. The van der Waals surface area contributed by atoms with Crippen LogP contribution in [-0.2, 0) is 13.0 Å². The van der Waals surface area contributed by atoms with Crippen molar-refractivity contribution in [3.05, 3.63) is 77.2 Å². The lowest BCUT2D eigenvalue weighted by Gasteiger charge is -2.24. The summed E-state index contributed by atoms with van der Waals surface area (Å²) in [4.78, 5) is 15.2. The van der Waals surface area contributed by atoms with Crippen molar-refractivity contribution in [2.45, 2.75) is 53.0 Å². The molecule has 1 fully saturated rings. The summed E-state index contributed by atoms with van der Waals surface area (Å²) in [6, 6.07) is 19.2. The summed E-state index contributed by atoms with van der Waals surface area (Å²) in [5, 5.41) is 6.00. The molecule has 0 atom stereocenters. The minimum Gasteiger partial charge on any atom is -0.355 e. The van der Waals surface area contributed by atoms with Crippen LogP contribution in [0.2, 0.25) is 0 Å². The number of benzene rings is 2. The van der Waals surface area contributed by atoms with Crippen LogP contribution in [0.25, 0.3) is 16.7 Å². The maximum absolute atomic E-state index is 5.14. The fraction of sp³-hybridized carbons (Fsp3) is 0.414. The van der Waals surface area contributed by atoms with Crippen molar-refractivity contribution in [1.29, 1.82) is 0 Å². The summed E-state index contributed by atoms with van der Waals surface area (Å²) in [5.74, 6) is 1.98. The molecule has 0 spiro atoms. The van der Waals surface area contributed by atoms with Crippen LogP contribution in [0, 0.1) is 13.8 Å². The maximum Gasteiger partial charge on any atom is 0.168 e. The molecule has 1 aliphatic rings. The Bertz CT molecular complexity index is 1280. The highest BCUT2D eigenvalue weighted by molar-refractivity contribution is 5.91. The Hall–Kier alpha value is -3.25. The van der Waals surface area contributed by atoms with E-state index in [1.165, 1.54) is 11.1 Å². The average Bonchev–Trinajstić information content (AvgIpc) is 3.04. The number of rotatable bonds is 7. The van der Waals surface area contributed by atoms with E-state index in [9.17, 15) is 0 Å². The quantitative estimate of drug-likeness (QED) is 0.359. The van der Waals surface area contributed by atoms with E-state index in [0.717, 1.165) is 92.5 Å². The Kier molecular flexibility index (Phi) is 7.09. The first kappa shape index (κ1) is 23.5. The topological polar surface area (TPSA) is 50.1 Å². The first-order valence-corrected chi connectivity index (χ1v) is 13.0. The van der Waals surface area contributed by atoms with E-state index >= 15 is 0 Å². The molecule has 0 saturated carbocycles. The van der Waals surface area contributed by atoms with Gasteiger partial charge in [0, 0.05) is 39.1 Å². The van der Waals surface area contributed by atoms with Crippen LogP contribution in [0.3, 0.4) is 0 Å². The number of para-hydroxylation sites is 1. The second-order valence-electron chi connectivity index (χ2n) is 9.70. The number of anilines is 1. The van der Waals surface area contributed by atoms with Crippen LogP contribution in [0.15, 0.2) is 54.6 Å². The predicted octanol–water partition coefficient (Wildman–Crippen LogP) is 5.49. The highest BCUT2D eigenvalue weighted by Crippen LogP contribution is 2.30. The molecule has 1 saturated heterocycles. The van der Waals surface area contributed by atoms with Gasteiger partial charge in [-0.1, -0.05) is 61.4 Å². The molecule has 3 heterocycles. The second kappa shape index (κ2) is 10.6. The SMILES string of the molecule is CCCCc1nc(N2CCCN(Cc3cccc(C)c3)CC2)c2c(C)nn(-c3ccccc3)c2n1. The van der Waals surface area contributed by atoms with Crippen molar-refractivity contribution >= 4 is 16.9 Å². The highest BCUT2D eigenvalue weighted by atomic mass is 15.3. The summed E-state index contributed by atoms with van der Waals surface area (Å²) in [6.07, 6.45) is 4.23. The molecule has 2 aromatic carbocycles. The Morgan fingerprint density at radius 3 is 2.54 bits per heavy atom. The number of unbranched alkanes of at least 4 members (excludes halogenated alkanes) is 1. The minimum absolute atomic E-state index is 0.895. The zero-order chi connectivity index (χ0) is 24.2. The number of hydrogen-bond acceptors (Lipinski definition) is 5. The van der Waals surface area contributed by atoms with E-state index < -0.39 is 0 Å². The molecule has 6 heteroatoms.